The van der Waals surface area contributed by atoms with Gasteiger partial charge < -0.3 is 5.11 Å². The first-order chi connectivity index (χ1) is 8.47. The van der Waals surface area contributed by atoms with Crippen LogP contribution in [0.15, 0.2) is 36.4 Å². The molecule has 0 spiro atoms. The minimum Gasteiger partial charge on any atom is -0.478 e. The van der Waals surface area contributed by atoms with Gasteiger partial charge in [-0.25, -0.2) is 9.18 Å². The number of aryl methyl sites for hydroxylation is 1. The SMILES string of the molecule is Cc1cc(F)cc(-c2cc(Cl)ccc2C(=O)O)c1. The van der Waals surface area contributed by atoms with Gasteiger partial charge in [-0.3, -0.25) is 0 Å². The average molecular weight is 265 g/mol. The first kappa shape index (κ1) is 12.6. The lowest BCUT2D eigenvalue weighted by atomic mass is 9.98. The van der Waals surface area contributed by atoms with Crippen molar-refractivity contribution in [3.63, 3.8) is 0 Å². The predicted molar refractivity (Wildman–Crippen MR) is 68.5 cm³/mol. The van der Waals surface area contributed by atoms with Crippen LogP contribution in [0.5, 0.6) is 0 Å². The van der Waals surface area contributed by atoms with Crippen molar-refractivity contribution in [3.05, 3.63) is 58.4 Å². The molecular formula is C14H10ClFO2. The summed E-state index contributed by atoms with van der Waals surface area (Å²) in [6.07, 6.45) is 0. The van der Waals surface area contributed by atoms with Gasteiger partial charge in [0.05, 0.1) is 5.56 Å². The van der Waals surface area contributed by atoms with E-state index in [2.05, 4.69) is 0 Å². The summed E-state index contributed by atoms with van der Waals surface area (Å²) in [6.45, 7) is 1.75. The second kappa shape index (κ2) is 4.78. The van der Waals surface area contributed by atoms with Crippen LogP contribution in [0.25, 0.3) is 11.1 Å². The number of benzene rings is 2. The fourth-order valence-electron chi connectivity index (χ4n) is 1.83. The van der Waals surface area contributed by atoms with Gasteiger partial charge >= 0.3 is 5.97 Å². The molecule has 0 saturated carbocycles. The Morgan fingerprint density at radius 3 is 2.56 bits per heavy atom. The van der Waals surface area contributed by atoms with Crippen molar-refractivity contribution in [2.24, 2.45) is 0 Å². The number of aromatic carboxylic acids is 1. The highest BCUT2D eigenvalue weighted by Crippen LogP contribution is 2.28. The van der Waals surface area contributed by atoms with Gasteiger partial charge in [-0.15, -0.1) is 0 Å². The molecule has 2 nitrogen and oxygen atoms in total. The van der Waals surface area contributed by atoms with Crippen molar-refractivity contribution in [1.82, 2.24) is 0 Å². The minimum absolute atomic E-state index is 0.101. The van der Waals surface area contributed by atoms with Crippen LogP contribution in [-0.2, 0) is 0 Å². The summed E-state index contributed by atoms with van der Waals surface area (Å²) in [5.74, 6) is -1.47. The first-order valence-corrected chi connectivity index (χ1v) is 5.65. The molecule has 0 atom stereocenters. The van der Waals surface area contributed by atoms with Crippen LogP contribution in [0.1, 0.15) is 15.9 Å². The number of rotatable bonds is 2. The quantitative estimate of drug-likeness (QED) is 0.885. The van der Waals surface area contributed by atoms with Crippen LogP contribution >= 0.6 is 11.6 Å². The molecule has 0 aliphatic heterocycles. The Balaban J connectivity index is 2.68. The lowest BCUT2D eigenvalue weighted by Gasteiger charge is -2.08. The zero-order valence-electron chi connectivity index (χ0n) is 9.58. The molecule has 2 rings (SSSR count). The molecule has 0 aliphatic rings. The Morgan fingerprint density at radius 2 is 1.94 bits per heavy atom. The van der Waals surface area contributed by atoms with Crippen molar-refractivity contribution in [2.75, 3.05) is 0 Å². The normalized spacial score (nSPS) is 10.4. The summed E-state index contributed by atoms with van der Waals surface area (Å²) in [4.78, 5) is 11.1. The Labute approximate surface area is 109 Å². The van der Waals surface area contributed by atoms with Gasteiger partial charge in [-0.2, -0.15) is 0 Å². The van der Waals surface area contributed by atoms with E-state index in [1.165, 1.54) is 30.3 Å². The number of carbonyl (C=O) groups is 1. The van der Waals surface area contributed by atoms with Gasteiger partial charge in [0.1, 0.15) is 5.82 Å². The second-order valence-electron chi connectivity index (χ2n) is 4.01. The van der Waals surface area contributed by atoms with Crippen LogP contribution in [-0.4, -0.2) is 11.1 Å². The Hall–Kier alpha value is -1.87. The van der Waals surface area contributed by atoms with Gasteiger partial charge in [-0.1, -0.05) is 17.7 Å². The Morgan fingerprint density at radius 1 is 1.22 bits per heavy atom. The van der Waals surface area contributed by atoms with Gasteiger partial charge in [0.15, 0.2) is 0 Å². The smallest absolute Gasteiger partial charge is 0.336 e. The van der Waals surface area contributed by atoms with Crippen LogP contribution in [0.3, 0.4) is 0 Å². The van der Waals surface area contributed by atoms with E-state index in [0.29, 0.717) is 16.1 Å². The van der Waals surface area contributed by atoms with Crippen LogP contribution in [0, 0.1) is 12.7 Å². The highest BCUT2D eigenvalue weighted by Gasteiger charge is 2.13. The van der Waals surface area contributed by atoms with Crippen LogP contribution in [0.2, 0.25) is 5.02 Å². The number of hydrogen-bond acceptors (Lipinski definition) is 1. The molecule has 0 amide bonds. The zero-order chi connectivity index (χ0) is 13.3. The Kier molecular flexibility index (Phi) is 3.34. The molecule has 0 fully saturated rings. The molecule has 1 N–H and O–H groups in total. The second-order valence-corrected chi connectivity index (χ2v) is 4.45. The number of halogens is 2. The molecule has 0 aromatic heterocycles. The zero-order valence-corrected chi connectivity index (χ0v) is 10.3. The molecule has 0 unspecified atom stereocenters. The van der Waals surface area contributed by atoms with Crippen molar-refractivity contribution < 1.29 is 14.3 Å². The highest BCUT2D eigenvalue weighted by molar-refractivity contribution is 6.31. The van der Waals surface area contributed by atoms with Gasteiger partial charge in [0.25, 0.3) is 0 Å². The van der Waals surface area contributed by atoms with Gasteiger partial charge in [0.2, 0.25) is 0 Å². The third-order valence-electron chi connectivity index (χ3n) is 2.57. The third-order valence-corrected chi connectivity index (χ3v) is 2.80. The topological polar surface area (TPSA) is 37.3 Å². The molecule has 2 aromatic carbocycles. The summed E-state index contributed by atoms with van der Waals surface area (Å²) < 4.78 is 13.4. The number of carboxylic acid groups (broad SMARTS) is 1. The largest absolute Gasteiger partial charge is 0.478 e. The fraction of sp³-hybridized carbons (Fsp3) is 0.0714. The molecule has 0 heterocycles. The van der Waals surface area contributed by atoms with Crippen molar-refractivity contribution in [1.29, 1.82) is 0 Å². The lowest BCUT2D eigenvalue weighted by molar-refractivity contribution is 0.0697. The summed E-state index contributed by atoms with van der Waals surface area (Å²) in [5, 5.41) is 9.53. The molecule has 0 radical (unpaired) electrons. The maximum absolute atomic E-state index is 13.4. The highest BCUT2D eigenvalue weighted by atomic mass is 35.5. The molecular weight excluding hydrogens is 255 g/mol. The molecule has 0 bridgehead atoms. The summed E-state index contributed by atoms with van der Waals surface area (Å²) in [5.41, 5.74) is 1.75. The summed E-state index contributed by atoms with van der Waals surface area (Å²) in [7, 11) is 0. The van der Waals surface area contributed by atoms with Crippen LogP contribution in [0.4, 0.5) is 4.39 Å². The Bertz CT molecular complexity index is 603. The first-order valence-electron chi connectivity index (χ1n) is 5.28. The molecule has 0 aliphatic carbocycles. The monoisotopic (exact) mass is 264 g/mol. The lowest BCUT2D eigenvalue weighted by Crippen LogP contribution is -1.99. The van der Waals surface area contributed by atoms with E-state index in [-0.39, 0.29) is 5.56 Å². The maximum atomic E-state index is 13.4. The maximum Gasteiger partial charge on any atom is 0.336 e. The third kappa shape index (κ3) is 2.51. The van der Waals surface area contributed by atoms with Crippen molar-refractivity contribution >= 4 is 17.6 Å². The summed E-state index contributed by atoms with van der Waals surface area (Å²) >= 11 is 5.86. The standard InChI is InChI=1S/C14H10ClFO2/c1-8-4-9(6-11(16)5-8)13-7-10(15)2-3-12(13)14(17)18/h2-7H,1H3,(H,17,18). The van der Waals surface area contributed by atoms with E-state index >= 15 is 0 Å². The van der Waals surface area contributed by atoms with E-state index in [1.54, 1.807) is 13.0 Å². The molecule has 4 heteroatoms. The van der Waals surface area contributed by atoms with E-state index in [0.717, 1.165) is 5.56 Å². The predicted octanol–water partition coefficient (Wildman–Crippen LogP) is 4.15. The van der Waals surface area contributed by atoms with Crippen molar-refractivity contribution in [2.45, 2.75) is 6.92 Å². The van der Waals surface area contributed by atoms with E-state index in [9.17, 15) is 9.18 Å². The summed E-state index contributed by atoms with van der Waals surface area (Å²) in [6, 6.07) is 8.85. The molecule has 0 saturated heterocycles. The van der Waals surface area contributed by atoms with E-state index in [1.807, 2.05) is 0 Å². The van der Waals surface area contributed by atoms with Gasteiger partial charge in [0, 0.05) is 5.02 Å². The minimum atomic E-state index is -1.07. The van der Waals surface area contributed by atoms with Crippen molar-refractivity contribution in [3.8, 4) is 11.1 Å². The number of hydrogen-bond donors (Lipinski definition) is 1. The molecule has 2 aromatic rings. The van der Waals surface area contributed by atoms with Crippen LogP contribution < -0.4 is 0 Å². The molecule has 18 heavy (non-hydrogen) atoms. The average Bonchev–Trinajstić information content (AvgIpc) is 2.27. The molecule has 92 valence electrons. The van der Waals surface area contributed by atoms with E-state index < -0.39 is 11.8 Å². The fourth-order valence-corrected chi connectivity index (χ4v) is 2.01. The van der Waals surface area contributed by atoms with E-state index in [4.69, 9.17) is 16.7 Å². The number of carboxylic acids is 1. The van der Waals surface area contributed by atoms with Gasteiger partial charge in [-0.05, 0) is 53.9 Å².